The van der Waals surface area contributed by atoms with E-state index in [1.807, 2.05) is 32.0 Å². The van der Waals surface area contributed by atoms with Crippen molar-refractivity contribution in [3.63, 3.8) is 0 Å². The Morgan fingerprint density at radius 3 is 2.73 bits per heavy atom. The van der Waals surface area contributed by atoms with Gasteiger partial charge in [0.1, 0.15) is 0 Å². The van der Waals surface area contributed by atoms with Crippen molar-refractivity contribution in [1.29, 1.82) is 0 Å². The maximum Gasteiger partial charge on any atom is 0.252 e. The fourth-order valence-corrected chi connectivity index (χ4v) is 3.44. The van der Waals surface area contributed by atoms with Crippen molar-refractivity contribution in [3.05, 3.63) is 41.1 Å². The van der Waals surface area contributed by atoms with Crippen molar-refractivity contribution >= 4 is 16.8 Å². The summed E-state index contributed by atoms with van der Waals surface area (Å²) in [6, 6.07) is 8.30. The number of hydrogen-bond acceptors (Lipinski definition) is 2. The van der Waals surface area contributed by atoms with Gasteiger partial charge in [0.25, 0.3) is 5.91 Å². The van der Waals surface area contributed by atoms with Crippen LogP contribution in [0.4, 0.5) is 0 Å². The molecule has 0 radical (unpaired) electrons. The smallest absolute Gasteiger partial charge is 0.252 e. The summed E-state index contributed by atoms with van der Waals surface area (Å²) >= 11 is 0. The summed E-state index contributed by atoms with van der Waals surface area (Å²) in [5.41, 5.74) is 3.69. The van der Waals surface area contributed by atoms with E-state index in [1.165, 1.54) is 19.3 Å². The molecule has 1 aromatic carbocycles. The Morgan fingerprint density at radius 1 is 1.18 bits per heavy atom. The van der Waals surface area contributed by atoms with Gasteiger partial charge in [0, 0.05) is 17.1 Å². The normalized spacial score (nSPS) is 21.8. The number of nitrogens with zero attached hydrogens (tertiary/aromatic N) is 1. The minimum absolute atomic E-state index is 0.0415. The molecule has 1 aliphatic carbocycles. The molecule has 1 amide bonds. The first kappa shape index (κ1) is 15.0. The van der Waals surface area contributed by atoms with Gasteiger partial charge in [0.2, 0.25) is 0 Å². The fraction of sp³-hybridized carbons (Fsp3) is 0.474. The van der Waals surface area contributed by atoms with Crippen LogP contribution >= 0.6 is 0 Å². The number of rotatable bonds is 2. The zero-order chi connectivity index (χ0) is 15.7. The Balaban J connectivity index is 1.94. The number of aromatic nitrogens is 1. The molecule has 3 nitrogen and oxygen atoms in total. The number of nitrogens with one attached hydrogen (secondary N) is 1. The van der Waals surface area contributed by atoms with Crippen LogP contribution in [0.5, 0.6) is 0 Å². The van der Waals surface area contributed by atoms with E-state index in [-0.39, 0.29) is 5.91 Å². The summed E-state index contributed by atoms with van der Waals surface area (Å²) < 4.78 is 0. The molecule has 2 unspecified atom stereocenters. The van der Waals surface area contributed by atoms with Crippen LogP contribution in [0.15, 0.2) is 24.3 Å². The van der Waals surface area contributed by atoms with E-state index in [9.17, 15) is 4.79 Å². The van der Waals surface area contributed by atoms with Gasteiger partial charge in [-0.05, 0) is 50.8 Å². The number of aryl methyl sites for hydroxylation is 2. The highest BCUT2D eigenvalue weighted by Crippen LogP contribution is 2.25. The van der Waals surface area contributed by atoms with Crippen LogP contribution in [0.25, 0.3) is 10.9 Å². The van der Waals surface area contributed by atoms with Gasteiger partial charge < -0.3 is 5.32 Å². The van der Waals surface area contributed by atoms with E-state index in [4.69, 9.17) is 0 Å². The second-order valence-corrected chi connectivity index (χ2v) is 6.67. The molecule has 0 spiro atoms. The van der Waals surface area contributed by atoms with Gasteiger partial charge >= 0.3 is 0 Å². The highest BCUT2D eigenvalue weighted by Gasteiger charge is 2.24. The summed E-state index contributed by atoms with van der Waals surface area (Å²) in [6.45, 7) is 6.23. The van der Waals surface area contributed by atoms with Crippen LogP contribution in [-0.2, 0) is 0 Å². The maximum atomic E-state index is 12.8. The topological polar surface area (TPSA) is 42.0 Å². The zero-order valence-corrected chi connectivity index (χ0v) is 13.6. The summed E-state index contributed by atoms with van der Waals surface area (Å²) in [4.78, 5) is 17.3. The van der Waals surface area contributed by atoms with Crippen molar-refractivity contribution < 1.29 is 4.79 Å². The van der Waals surface area contributed by atoms with E-state index >= 15 is 0 Å². The standard InChI is InChI=1S/C19H24N2O/c1-12-8-9-18-15(10-12)16(11-14(3)20-18)19(22)21-17-7-5-4-6-13(17)2/h8-11,13,17H,4-7H2,1-3H3,(H,21,22). The van der Waals surface area contributed by atoms with Crippen molar-refractivity contribution in [2.24, 2.45) is 5.92 Å². The second-order valence-electron chi connectivity index (χ2n) is 6.67. The van der Waals surface area contributed by atoms with Crippen molar-refractivity contribution in [2.75, 3.05) is 0 Å². The van der Waals surface area contributed by atoms with Crippen molar-refractivity contribution in [2.45, 2.75) is 52.5 Å². The first-order valence-corrected chi connectivity index (χ1v) is 8.23. The Hall–Kier alpha value is -1.90. The Bertz CT molecular complexity index is 708. The van der Waals surface area contributed by atoms with Gasteiger partial charge in [0.05, 0.1) is 11.1 Å². The maximum absolute atomic E-state index is 12.8. The van der Waals surface area contributed by atoms with Crippen LogP contribution in [0, 0.1) is 19.8 Å². The number of amides is 1. The van der Waals surface area contributed by atoms with Crippen LogP contribution in [0.2, 0.25) is 0 Å². The SMILES string of the molecule is Cc1ccc2nc(C)cc(C(=O)NC3CCCCC3C)c2c1. The largest absolute Gasteiger partial charge is 0.349 e. The number of carbonyl (C=O) groups is 1. The molecule has 116 valence electrons. The molecule has 0 aliphatic heterocycles. The predicted molar refractivity (Wildman–Crippen MR) is 90.1 cm³/mol. The van der Waals surface area contributed by atoms with Gasteiger partial charge in [-0.1, -0.05) is 31.4 Å². The van der Waals surface area contributed by atoms with Crippen molar-refractivity contribution in [1.82, 2.24) is 10.3 Å². The minimum Gasteiger partial charge on any atom is -0.349 e. The molecule has 3 heteroatoms. The third kappa shape index (κ3) is 2.99. The van der Waals surface area contributed by atoms with Crippen molar-refractivity contribution in [3.8, 4) is 0 Å². The van der Waals surface area contributed by atoms with Crippen LogP contribution < -0.4 is 5.32 Å². The van der Waals surface area contributed by atoms with Gasteiger partial charge in [0.15, 0.2) is 0 Å². The van der Waals surface area contributed by atoms with Gasteiger partial charge in [-0.3, -0.25) is 9.78 Å². The minimum atomic E-state index is 0.0415. The Labute approximate surface area is 132 Å². The highest BCUT2D eigenvalue weighted by atomic mass is 16.1. The van der Waals surface area contributed by atoms with E-state index < -0.39 is 0 Å². The molecular formula is C19H24N2O. The monoisotopic (exact) mass is 296 g/mol. The van der Waals surface area contributed by atoms with E-state index in [2.05, 4.69) is 23.3 Å². The molecule has 22 heavy (non-hydrogen) atoms. The number of benzene rings is 1. The first-order chi connectivity index (χ1) is 10.5. The van der Waals surface area contributed by atoms with Gasteiger partial charge in [-0.25, -0.2) is 0 Å². The van der Waals surface area contributed by atoms with E-state index in [0.717, 1.165) is 34.1 Å². The lowest BCUT2D eigenvalue weighted by Crippen LogP contribution is -2.41. The lowest BCUT2D eigenvalue weighted by Gasteiger charge is -2.29. The number of fused-ring (bicyclic) bond motifs is 1. The van der Waals surface area contributed by atoms with Crippen LogP contribution in [-0.4, -0.2) is 16.9 Å². The predicted octanol–water partition coefficient (Wildman–Crippen LogP) is 4.16. The molecule has 1 fully saturated rings. The van der Waals surface area contributed by atoms with E-state index in [0.29, 0.717) is 12.0 Å². The average Bonchev–Trinajstić information content (AvgIpc) is 2.49. The van der Waals surface area contributed by atoms with E-state index in [1.54, 1.807) is 0 Å². The molecule has 0 bridgehead atoms. The number of hydrogen-bond donors (Lipinski definition) is 1. The third-order valence-corrected chi connectivity index (χ3v) is 4.76. The molecule has 3 rings (SSSR count). The molecule has 1 aromatic heterocycles. The lowest BCUT2D eigenvalue weighted by atomic mass is 9.86. The molecule has 2 atom stereocenters. The van der Waals surface area contributed by atoms with Gasteiger partial charge in [-0.15, -0.1) is 0 Å². The lowest BCUT2D eigenvalue weighted by molar-refractivity contribution is 0.0912. The number of carbonyl (C=O) groups excluding carboxylic acids is 1. The number of pyridine rings is 1. The molecule has 1 heterocycles. The Morgan fingerprint density at radius 2 is 1.95 bits per heavy atom. The van der Waals surface area contributed by atoms with Crippen LogP contribution in [0.1, 0.15) is 54.2 Å². The third-order valence-electron chi connectivity index (χ3n) is 4.76. The summed E-state index contributed by atoms with van der Waals surface area (Å²) in [5, 5.41) is 4.21. The summed E-state index contributed by atoms with van der Waals surface area (Å²) in [7, 11) is 0. The molecule has 1 aliphatic rings. The zero-order valence-electron chi connectivity index (χ0n) is 13.6. The average molecular weight is 296 g/mol. The molecule has 0 saturated heterocycles. The van der Waals surface area contributed by atoms with Crippen LogP contribution in [0.3, 0.4) is 0 Å². The second kappa shape index (κ2) is 6.07. The highest BCUT2D eigenvalue weighted by molar-refractivity contribution is 6.06. The van der Waals surface area contributed by atoms with Gasteiger partial charge in [-0.2, -0.15) is 0 Å². The Kier molecular flexibility index (Phi) is 4.14. The quantitative estimate of drug-likeness (QED) is 0.904. The molecular weight excluding hydrogens is 272 g/mol. The first-order valence-electron chi connectivity index (χ1n) is 8.23. The molecule has 1 saturated carbocycles. The molecule has 1 N–H and O–H groups in total. The summed E-state index contributed by atoms with van der Waals surface area (Å²) in [5.74, 6) is 0.605. The fourth-order valence-electron chi connectivity index (χ4n) is 3.44. The summed E-state index contributed by atoms with van der Waals surface area (Å²) in [6.07, 6.45) is 4.79. The molecule has 2 aromatic rings.